The third-order valence-electron chi connectivity index (χ3n) is 0. The number of hydrogen-bond donors (Lipinski definition) is 4. The van der Waals surface area contributed by atoms with Gasteiger partial charge in [-0.2, -0.15) is 0 Å². The molecule has 12 N–H and O–H groups in total. The van der Waals surface area contributed by atoms with E-state index in [2.05, 4.69) is 0 Å². The molecule has 0 unspecified atom stereocenters. The van der Waals surface area contributed by atoms with Gasteiger partial charge in [0.25, 0.3) is 0 Å². The summed E-state index contributed by atoms with van der Waals surface area (Å²) >= 11 is 0. The van der Waals surface area contributed by atoms with Crippen molar-refractivity contribution in [1.82, 2.24) is 24.6 Å². The van der Waals surface area contributed by atoms with Gasteiger partial charge in [-0.1, -0.05) is 0 Å². The molecule has 0 rings (SSSR count). The van der Waals surface area contributed by atoms with Gasteiger partial charge in [0.2, 0.25) is 0 Å². The van der Waals surface area contributed by atoms with E-state index in [1.165, 1.54) is 0 Å². The largest absolute Gasteiger partial charge is 0.344 e. The van der Waals surface area contributed by atoms with Crippen molar-refractivity contribution in [2.75, 3.05) is 0 Å². The van der Waals surface area contributed by atoms with E-state index in [0.29, 0.717) is 0 Å². The van der Waals surface area contributed by atoms with Crippen molar-refractivity contribution in [2.24, 2.45) is 0 Å². The Bertz CT molecular complexity index is 14.5. The molecule has 0 saturated heterocycles. The van der Waals surface area contributed by atoms with E-state index in [9.17, 15) is 0 Å². The summed E-state index contributed by atoms with van der Waals surface area (Å²) in [5.41, 5.74) is 0. The summed E-state index contributed by atoms with van der Waals surface area (Å²) in [4.78, 5) is 0. The van der Waals surface area contributed by atoms with Crippen LogP contribution in [0.5, 0.6) is 0 Å². The van der Waals surface area contributed by atoms with Gasteiger partial charge >= 0.3 is 0 Å². The molecule has 0 aliphatic heterocycles. The summed E-state index contributed by atoms with van der Waals surface area (Å²) in [6, 6.07) is 0. The number of rotatable bonds is 0. The maximum Gasteiger partial charge on any atom is 0.187 e. The summed E-state index contributed by atoms with van der Waals surface area (Å²) in [6.45, 7) is 0. The second kappa shape index (κ2) is 126. The Balaban J connectivity index is 0. The Morgan fingerprint density at radius 3 is 0.273 bits per heavy atom. The predicted molar refractivity (Wildman–Crippen MR) is 30.0 cm³/mol. The summed E-state index contributed by atoms with van der Waals surface area (Å²) < 4.78 is 0. The molecular weight excluding hydrogens is 370 g/mol. The Hall–Kier alpha value is 4.66. The molecule has 0 aromatic heterocycles. The molecule has 62 valence electrons. The molecule has 0 aliphatic carbocycles. The molecule has 11 heteroatoms. The van der Waals surface area contributed by atoms with Crippen LogP contribution in [0.1, 0.15) is 0 Å². The van der Waals surface area contributed by atoms with Gasteiger partial charge < -0.3 is 24.6 Å². The van der Waals surface area contributed by atoms with Gasteiger partial charge in [-0.25, -0.2) is 0 Å². The summed E-state index contributed by atoms with van der Waals surface area (Å²) in [5, 5.41) is 0. The molecule has 4 nitrogen and oxygen atoms in total. The van der Waals surface area contributed by atoms with Gasteiger partial charge in [0.05, 0.1) is 0 Å². The first-order valence-electron chi connectivity index (χ1n) is 0. The van der Waals surface area contributed by atoms with E-state index in [4.69, 9.17) is 0 Å². The van der Waals surface area contributed by atoms with E-state index in [1.54, 1.807) is 0 Å². The van der Waals surface area contributed by atoms with Gasteiger partial charge in [0, 0.05) is 130 Å². The molecule has 0 bridgehead atoms. The predicted octanol–water partition coefficient (Wildman–Crippen LogP) is -0.551. The van der Waals surface area contributed by atoms with Crippen LogP contribution < -0.4 is 24.6 Å². The molecule has 0 fully saturated rings. The number of hydrogen-bond acceptors (Lipinski definition) is 4. The van der Waals surface area contributed by atoms with Gasteiger partial charge in [0.15, 0.2) is 17.4 Å². The molecule has 0 amide bonds. The smallest absolute Gasteiger partial charge is 0.187 e. The molecule has 11 heavy (non-hydrogen) atoms. The third-order valence-corrected chi connectivity index (χ3v) is 0. The Kier molecular flexibility index (Phi) is 1780. The van der Waals surface area contributed by atoms with Crippen molar-refractivity contribution in [3.8, 4) is 0 Å². The minimum absolute atomic E-state index is 0. The van der Waals surface area contributed by atoms with Crippen LogP contribution in [0.15, 0.2) is 0 Å². The zero-order valence-electron chi connectivity index (χ0n) is 5.83. The fraction of sp³-hybridized carbons (Fsp3) is 0. The maximum atomic E-state index is 0. The third kappa shape index (κ3) is 108. The monoisotopic (exact) mass is 386 g/mol. The zero-order valence-corrected chi connectivity index (χ0v) is 15.2. The molecule has 0 spiro atoms. The van der Waals surface area contributed by atoms with Crippen LogP contribution in [-0.2, 0) is 130 Å². The van der Waals surface area contributed by atoms with Gasteiger partial charge in [-0.3, -0.25) is 0 Å². The second-order valence-electron chi connectivity index (χ2n) is 0. The first-order chi connectivity index (χ1) is 0. The molecule has 0 saturated carbocycles. The molecule has 0 radical (unpaired) electrons. The average molecular weight is 385 g/mol. The SMILES string of the molecule is N.N.N.N.[AlH3].[Ti].[Ti].[Ti].[Ti].[Ti].[Ti]. The zero-order chi connectivity index (χ0) is 0. The van der Waals surface area contributed by atoms with Gasteiger partial charge in [-0.05, 0) is 0 Å². The van der Waals surface area contributed by atoms with Crippen LogP contribution in [0.3, 0.4) is 0 Å². The maximum absolute atomic E-state index is 0. The Morgan fingerprint density at radius 2 is 0.273 bits per heavy atom. The quantitative estimate of drug-likeness (QED) is 0.415. The molecule has 0 heterocycles. The molecular formula is H15AlN4Ti6. The normalized spacial score (nSPS) is 0. The van der Waals surface area contributed by atoms with Crippen LogP contribution in [0.25, 0.3) is 0 Å². The first-order valence-corrected chi connectivity index (χ1v) is 0. The summed E-state index contributed by atoms with van der Waals surface area (Å²) in [5.74, 6) is 0. The van der Waals surface area contributed by atoms with E-state index in [-0.39, 0.29) is 172 Å². The standard InChI is InChI=1S/Al.4H3N.6Ti.3H/h;4*1H3;;;;;;;;;. The van der Waals surface area contributed by atoms with E-state index in [0.717, 1.165) is 0 Å². The van der Waals surface area contributed by atoms with Crippen molar-refractivity contribution in [1.29, 1.82) is 0 Å². The molecule has 0 aromatic carbocycles. The van der Waals surface area contributed by atoms with Crippen LogP contribution in [0.4, 0.5) is 0 Å². The minimum atomic E-state index is 0. The van der Waals surface area contributed by atoms with Crippen LogP contribution in [0, 0.1) is 0 Å². The van der Waals surface area contributed by atoms with Crippen LogP contribution >= 0.6 is 0 Å². The summed E-state index contributed by atoms with van der Waals surface area (Å²) in [7, 11) is 0. The van der Waals surface area contributed by atoms with Crippen LogP contribution in [0.2, 0.25) is 0 Å². The van der Waals surface area contributed by atoms with E-state index in [1.807, 2.05) is 0 Å². The van der Waals surface area contributed by atoms with E-state index < -0.39 is 0 Å². The van der Waals surface area contributed by atoms with E-state index >= 15 is 0 Å². The Morgan fingerprint density at radius 1 is 0.273 bits per heavy atom. The van der Waals surface area contributed by atoms with Crippen molar-refractivity contribution in [3.63, 3.8) is 0 Å². The Labute approximate surface area is 169 Å². The molecule has 0 aromatic rings. The molecule has 0 aliphatic rings. The van der Waals surface area contributed by atoms with Crippen molar-refractivity contribution in [2.45, 2.75) is 0 Å². The first kappa shape index (κ1) is 155. The van der Waals surface area contributed by atoms with Crippen LogP contribution in [-0.4, -0.2) is 17.4 Å². The fourth-order valence-corrected chi connectivity index (χ4v) is 0. The second-order valence-corrected chi connectivity index (χ2v) is 0. The van der Waals surface area contributed by atoms with Gasteiger partial charge in [-0.15, -0.1) is 0 Å². The minimum Gasteiger partial charge on any atom is -0.344 e. The molecule has 0 atom stereocenters. The average Bonchev–Trinajstić information content (AvgIpc) is 0. The van der Waals surface area contributed by atoms with Gasteiger partial charge in [0.1, 0.15) is 0 Å². The van der Waals surface area contributed by atoms with Crippen molar-refractivity contribution in [3.05, 3.63) is 0 Å². The topological polar surface area (TPSA) is 140 Å². The van der Waals surface area contributed by atoms with Crippen molar-refractivity contribution < 1.29 is 130 Å². The van der Waals surface area contributed by atoms with Crippen molar-refractivity contribution >= 4 is 17.4 Å². The summed E-state index contributed by atoms with van der Waals surface area (Å²) in [6.07, 6.45) is 0. The fourth-order valence-electron chi connectivity index (χ4n) is 0.